The number of aliphatic hydroxyl groups excluding tert-OH is 1. The lowest BCUT2D eigenvalue weighted by Crippen LogP contribution is -2.27. The van der Waals surface area contributed by atoms with E-state index in [-0.39, 0.29) is 32.1 Å². The summed E-state index contributed by atoms with van der Waals surface area (Å²) in [4.78, 5) is 33.9. The Labute approximate surface area is 347 Å². The molecule has 57 heavy (non-hydrogen) atoms. The van der Waals surface area contributed by atoms with Gasteiger partial charge in [-0.2, -0.15) is 0 Å². The van der Waals surface area contributed by atoms with Crippen LogP contribution in [0, 0.1) is 0 Å². The Kier molecular flexibility index (Phi) is 40.7. The van der Waals surface area contributed by atoms with Crippen LogP contribution in [0.25, 0.3) is 0 Å². The van der Waals surface area contributed by atoms with Crippen LogP contribution in [0.3, 0.4) is 0 Å². The summed E-state index contributed by atoms with van der Waals surface area (Å²) in [6, 6.07) is 0. The average molecular weight is 818 g/mol. The highest BCUT2D eigenvalue weighted by Gasteiger charge is 2.23. The summed E-state index contributed by atoms with van der Waals surface area (Å²) in [7, 11) is -4.44. The molecule has 0 aromatic rings. The number of ether oxygens (including phenoxy) is 1. The van der Waals surface area contributed by atoms with E-state index in [0.717, 1.165) is 57.8 Å². The summed E-state index contributed by atoms with van der Waals surface area (Å²) in [5, 5.41) is 12.7. The van der Waals surface area contributed by atoms with Crippen LogP contribution in [0.1, 0.15) is 168 Å². The quantitative estimate of drug-likeness (QED) is 0.0241. The SMILES string of the molecule is CC/C=C\C/C=C\C/C=C\C/C=C\C/C=C\C/C=C\C/C=C\CC(=O)OCC(O)COP(=O)(O)OCCNC(=O)CCCCCCCCCCCCCCCCC. The number of unbranched alkanes of at least 4 members (excludes halogenated alkanes) is 14. The van der Waals surface area contributed by atoms with E-state index in [1.54, 1.807) is 6.08 Å². The summed E-state index contributed by atoms with van der Waals surface area (Å²) < 4.78 is 26.8. The molecule has 0 radical (unpaired) electrons. The van der Waals surface area contributed by atoms with Crippen LogP contribution in [0.4, 0.5) is 0 Å². The molecular weight excluding hydrogens is 737 g/mol. The zero-order chi connectivity index (χ0) is 41.8. The number of hydrogen-bond donors (Lipinski definition) is 3. The van der Waals surface area contributed by atoms with Gasteiger partial charge < -0.3 is 20.1 Å². The van der Waals surface area contributed by atoms with Crippen molar-refractivity contribution in [1.29, 1.82) is 0 Å². The van der Waals surface area contributed by atoms with E-state index >= 15 is 0 Å². The van der Waals surface area contributed by atoms with Crippen molar-refractivity contribution in [2.45, 2.75) is 174 Å². The Morgan fingerprint density at radius 1 is 0.561 bits per heavy atom. The molecule has 2 unspecified atom stereocenters. The molecule has 0 aliphatic rings. The molecule has 0 bridgehead atoms. The molecule has 0 aromatic carbocycles. The van der Waals surface area contributed by atoms with Crippen molar-refractivity contribution in [2.24, 2.45) is 0 Å². The highest BCUT2D eigenvalue weighted by Crippen LogP contribution is 2.42. The van der Waals surface area contributed by atoms with E-state index in [0.29, 0.717) is 12.8 Å². The van der Waals surface area contributed by atoms with Gasteiger partial charge in [-0.05, 0) is 51.4 Å². The molecule has 2 atom stereocenters. The Balaban J connectivity index is 3.74. The molecule has 0 aliphatic carbocycles. The van der Waals surface area contributed by atoms with Gasteiger partial charge in [-0.1, -0.05) is 189 Å². The van der Waals surface area contributed by atoms with Gasteiger partial charge in [-0.25, -0.2) is 4.57 Å². The third-order valence-corrected chi connectivity index (χ3v) is 9.86. The molecule has 0 saturated heterocycles. The molecule has 326 valence electrons. The number of carbonyl (C=O) groups is 2. The summed E-state index contributed by atoms with van der Waals surface area (Å²) in [5.74, 6) is -0.653. The second-order valence-electron chi connectivity index (χ2n) is 14.3. The molecule has 3 N–H and O–H groups in total. The Hall–Kier alpha value is -2.81. The fraction of sp³-hybridized carbons (Fsp3) is 0.660. The summed E-state index contributed by atoms with van der Waals surface area (Å²) >= 11 is 0. The minimum atomic E-state index is -4.44. The van der Waals surface area contributed by atoms with Gasteiger partial charge in [0.1, 0.15) is 12.7 Å². The van der Waals surface area contributed by atoms with Crippen LogP contribution in [0.5, 0.6) is 0 Å². The first-order valence-corrected chi connectivity index (χ1v) is 23.6. The van der Waals surface area contributed by atoms with Crippen LogP contribution >= 0.6 is 7.82 Å². The first-order chi connectivity index (χ1) is 27.8. The molecule has 0 aliphatic heterocycles. The van der Waals surface area contributed by atoms with E-state index in [2.05, 4.69) is 86.0 Å². The minimum Gasteiger partial charge on any atom is -0.463 e. The number of phosphoric acid groups is 1. The van der Waals surface area contributed by atoms with E-state index in [1.807, 2.05) is 12.2 Å². The fourth-order valence-corrected chi connectivity index (χ4v) is 6.34. The number of aliphatic hydroxyl groups is 1. The largest absolute Gasteiger partial charge is 0.472 e. The lowest BCUT2D eigenvalue weighted by Gasteiger charge is -2.15. The number of esters is 1. The van der Waals surface area contributed by atoms with Gasteiger partial charge in [0.15, 0.2) is 0 Å². The zero-order valence-corrected chi connectivity index (χ0v) is 36.6. The van der Waals surface area contributed by atoms with Crippen molar-refractivity contribution in [3.63, 3.8) is 0 Å². The zero-order valence-electron chi connectivity index (χ0n) is 35.8. The molecule has 0 aromatic heterocycles. The maximum absolute atomic E-state index is 12.1. The van der Waals surface area contributed by atoms with Gasteiger partial charge in [0.25, 0.3) is 0 Å². The van der Waals surface area contributed by atoms with Crippen LogP contribution in [-0.2, 0) is 27.9 Å². The van der Waals surface area contributed by atoms with Crippen LogP contribution in [-0.4, -0.2) is 54.3 Å². The Morgan fingerprint density at radius 2 is 0.965 bits per heavy atom. The summed E-state index contributed by atoms with van der Waals surface area (Å²) in [5.41, 5.74) is 0. The fourth-order valence-electron chi connectivity index (χ4n) is 5.58. The van der Waals surface area contributed by atoms with Crippen molar-refractivity contribution in [3.8, 4) is 0 Å². The first kappa shape index (κ1) is 54.2. The van der Waals surface area contributed by atoms with Crippen LogP contribution < -0.4 is 5.32 Å². The number of hydrogen-bond acceptors (Lipinski definition) is 7. The second kappa shape index (κ2) is 42.8. The predicted molar refractivity (Wildman–Crippen MR) is 238 cm³/mol. The van der Waals surface area contributed by atoms with Crippen molar-refractivity contribution in [3.05, 3.63) is 85.1 Å². The third kappa shape index (κ3) is 44.1. The van der Waals surface area contributed by atoms with Crippen molar-refractivity contribution in [1.82, 2.24) is 5.32 Å². The predicted octanol–water partition coefficient (Wildman–Crippen LogP) is 12.4. The van der Waals surface area contributed by atoms with Gasteiger partial charge in [-0.15, -0.1) is 0 Å². The molecule has 0 rings (SSSR count). The summed E-state index contributed by atoms with van der Waals surface area (Å²) in [6.45, 7) is 3.32. The minimum absolute atomic E-state index is 0.0446. The van der Waals surface area contributed by atoms with Gasteiger partial charge in [0.05, 0.1) is 19.6 Å². The normalized spacial score (nSPS) is 14.1. The molecule has 0 saturated carbocycles. The average Bonchev–Trinajstić information content (AvgIpc) is 3.20. The lowest BCUT2D eigenvalue weighted by atomic mass is 10.0. The molecule has 10 heteroatoms. The maximum atomic E-state index is 12.1. The standard InChI is InChI=1S/C47H80NO8P/c1-3-5-7-9-11-13-15-17-19-20-21-22-23-24-26-28-30-32-34-36-38-40-47(51)54-43-45(49)44-56-57(52,53)55-42-41-48-46(50)39-37-35-33-31-29-27-25-18-16-14-12-10-8-6-4-2/h5,7,11,13,17,19,21-22,24,26,30,32,36,38,45,49H,3-4,6,8-10,12,14-16,18,20,23,25,27-29,31,33-35,37,39-44H2,1-2H3,(H,48,50)(H,52,53)/b7-5-,13-11-,19-17-,22-21-,26-24-,32-30-,38-36-. The van der Waals surface area contributed by atoms with Crippen molar-refractivity contribution >= 4 is 19.7 Å². The number of phosphoric ester groups is 1. The number of carbonyl (C=O) groups excluding carboxylic acids is 2. The van der Waals surface area contributed by atoms with Crippen molar-refractivity contribution < 1.29 is 37.9 Å². The van der Waals surface area contributed by atoms with Crippen molar-refractivity contribution in [2.75, 3.05) is 26.4 Å². The molecule has 9 nitrogen and oxygen atoms in total. The number of rotatable bonds is 40. The van der Waals surface area contributed by atoms with Gasteiger partial charge in [0.2, 0.25) is 5.91 Å². The van der Waals surface area contributed by atoms with E-state index in [1.165, 1.54) is 77.0 Å². The lowest BCUT2D eigenvalue weighted by molar-refractivity contribution is -0.146. The Morgan fingerprint density at radius 3 is 1.40 bits per heavy atom. The molecule has 0 fully saturated rings. The molecule has 0 heterocycles. The van der Waals surface area contributed by atoms with Gasteiger partial charge in [-0.3, -0.25) is 18.6 Å². The molecular formula is C47H80NO8P. The maximum Gasteiger partial charge on any atom is 0.472 e. The van der Waals surface area contributed by atoms with E-state index in [9.17, 15) is 24.2 Å². The van der Waals surface area contributed by atoms with Gasteiger partial charge >= 0.3 is 13.8 Å². The van der Waals surface area contributed by atoms with E-state index in [4.69, 9.17) is 13.8 Å². The van der Waals surface area contributed by atoms with Crippen LogP contribution in [0.2, 0.25) is 0 Å². The first-order valence-electron chi connectivity index (χ1n) is 22.1. The highest BCUT2D eigenvalue weighted by molar-refractivity contribution is 7.47. The molecule has 1 amide bonds. The smallest absolute Gasteiger partial charge is 0.463 e. The highest BCUT2D eigenvalue weighted by atomic mass is 31.2. The summed E-state index contributed by atoms with van der Waals surface area (Å²) in [6.07, 6.45) is 53.9. The number of nitrogens with one attached hydrogen (secondary N) is 1. The number of amides is 1. The second-order valence-corrected chi connectivity index (χ2v) is 15.8. The monoisotopic (exact) mass is 818 g/mol. The van der Waals surface area contributed by atoms with Crippen LogP contribution in [0.15, 0.2) is 85.1 Å². The molecule has 0 spiro atoms. The topological polar surface area (TPSA) is 131 Å². The van der Waals surface area contributed by atoms with E-state index < -0.39 is 26.5 Å². The Bertz CT molecular complexity index is 1210. The number of allylic oxidation sites excluding steroid dienone is 13. The third-order valence-electron chi connectivity index (χ3n) is 8.87. The van der Waals surface area contributed by atoms with Gasteiger partial charge in [0, 0.05) is 13.0 Å².